The van der Waals surface area contributed by atoms with E-state index >= 15 is 0 Å². The Morgan fingerprint density at radius 3 is 2.31 bits per heavy atom. The van der Waals surface area contributed by atoms with Gasteiger partial charge in [0.1, 0.15) is 18.1 Å². The smallest absolute Gasteiger partial charge is 0.265 e. The first kappa shape index (κ1) is 25.8. The molecule has 0 saturated heterocycles. The maximum atomic E-state index is 14.7. The van der Waals surface area contributed by atoms with Gasteiger partial charge in [0.2, 0.25) is 5.91 Å². The van der Waals surface area contributed by atoms with E-state index in [-0.39, 0.29) is 22.9 Å². The molecule has 0 aromatic heterocycles. The number of hydrogen-bond donors (Lipinski definition) is 1. The van der Waals surface area contributed by atoms with Crippen LogP contribution < -0.4 is 23.8 Å². The van der Waals surface area contributed by atoms with E-state index < -0.39 is 28.3 Å². The van der Waals surface area contributed by atoms with Gasteiger partial charge in [-0.2, -0.15) is 0 Å². The number of halogens is 1. The van der Waals surface area contributed by atoms with Gasteiger partial charge in [-0.25, -0.2) is 12.8 Å². The molecule has 3 rings (SSSR count). The number of para-hydroxylation sites is 2. The Bertz CT molecular complexity index is 1280. The second-order valence-corrected chi connectivity index (χ2v) is 9.16. The van der Waals surface area contributed by atoms with E-state index in [2.05, 4.69) is 5.32 Å². The molecule has 0 aliphatic heterocycles. The minimum atomic E-state index is -4.36. The summed E-state index contributed by atoms with van der Waals surface area (Å²) < 4.78 is 58.5. The fourth-order valence-corrected chi connectivity index (χ4v) is 4.83. The van der Waals surface area contributed by atoms with Gasteiger partial charge in [-0.3, -0.25) is 9.10 Å². The van der Waals surface area contributed by atoms with Crippen molar-refractivity contribution in [1.82, 2.24) is 5.32 Å². The third-order valence-corrected chi connectivity index (χ3v) is 6.86. The average Bonchev–Trinajstić information content (AvgIpc) is 2.87. The summed E-state index contributed by atoms with van der Waals surface area (Å²) in [5.74, 6) is -0.289. The molecule has 3 aromatic carbocycles. The molecule has 1 N–H and O–H groups in total. The fraction of sp³-hybridized carbons (Fsp3) is 0.240. The van der Waals surface area contributed by atoms with Gasteiger partial charge >= 0.3 is 0 Å². The number of nitrogens with zero attached hydrogens (tertiary/aromatic N) is 1. The third kappa shape index (κ3) is 6.02. The molecule has 1 amide bonds. The molecule has 0 bridgehead atoms. The molecule has 0 aliphatic carbocycles. The number of amides is 1. The van der Waals surface area contributed by atoms with E-state index in [1.54, 1.807) is 18.2 Å². The molecule has 3 aromatic rings. The lowest BCUT2D eigenvalue weighted by Crippen LogP contribution is -2.41. The number of sulfonamides is 1. The van der Waals surface area contributed by atoms with Crippen LogP contribution in [0.5, 0.6) is 17.2 Å². The van der Waals surface area contributed by atoms with Crippen molar-refractivity contribution in [2.75, 3.05) is 31.7 Å². The highest BCUT2D eigenvalue weighted by molar-refractivity contribution is 7.92. The van der Waals surface area contributed by atoms with Crippen molar-refractivity contribution in [2.45, 2.75) is 18.4 Å². The number of carbonyl (C=O) groups excluding carboxylic acids is 1. The molecule has 0 atom stereocenters. The van der Waals surface area contributed by atoms with Gasteiger partial charge in [0.05, 0.1) is 31.4 Å². The monoisotopic (exact) mass is 502 g/mol. The summed E-state index contributed by atoms with van der Waals surface area (Å²) in [5, 5.41) is 2.69. The number of methoxy groups -OCH3 is 2. The second-order valence-electron chi connectivity index (χ2n) is 7.30. The maximum absolute atomic E-state index is 14.7. The van der Waals surface area contributed by atoms with Crippen LogP contribution in [0.4, 0.5) is 10.1 Å². The summed E-state index contributed by atoms with van der Waals surface area (Å²) in [6.45, 7) is 1.77. The first-order valence-electron chi connectivity index (χ1n) is 10.8. The zero-order chi connectivity index (χ0) is 25.4. The van der Waals surface area contributed by atoms with E-state index in [0.717, 1.165) is 15.9 Å². The number of hydrogen-bond acceptors (Lipinski definition) is 6. The van der Waals surface area contributed by atoms with Crippen molar-refractivity contribution in [3.8, 4) is 17.2 Å². The molecule has 10 heteroatoms. The summed E-state index contributed by atoms with van der Waals surface area (Å²) in [4.78, 5) is 12.7. The van der Waals surface area contributed by atoms with Crippen LogP contribution in [0.1, 0.15) is 12.5 Å². The minimum Gasteiger partial charge on any atom is -0.494 e. The van der Waals surface area contributed by atoms with Gasteiger partial charge < -0.3 is 19.5 Å². The highest BCUT2D eigenvalue weighted by Crippen LogP contribution is 2.32. The van der Waals surface area contributed by atoms with E-state index in [0.29, 0.717) is 18.1 Å². The van der Waals surface area contributed by atoms with Gasteiger partial charge in [0, 0.05) is 18.2 Å². The molecule has 0 spiro atoms. The lowest BCUT2D eigenvalue weighted by molar-refractivity contribution is -0.119. The molecule has 186 valence electrons. The molecule has 0 fully saturated rings. The van der Waals surface area contributed by atoms with Crippen LogP contribution in [0.25, 0.3) is 0 Å². The molecule has 0 saturated carbocycles. The van der Waals surface area contributed by atoms with Crippen molar-refractivity contribution in [2.24, 2.45) is 0 Å². The lowest BCUT2D eigenvalue weighted by Gasteiger charge is -2.25. The molecular weight excluding hydrogens is 475 g/mol. The summed E-state index contributed by atoms with van der Waals surface area (Å²) in [7, 11) is -1.56. The van der Waals surface area contributed by atoms with Crippen LogP contribution in [0.15, 0.2) is 71.6 Å². The van der Waals surface area contributed by atoms with E-state index in [9.17, 15) is 17.6 Å². The van der Waals surface area contributed by atoms with Gasteiger partial charge in [0.15, 0.2) is 11.5 Å². The molecule has 8 nitrogen and oxygen atoms in total. The number of rotatable bonds is 11. The average molecular weight is 503 g/mol. The van der Waals surface area contributed by atoms with Crippen molar-refractivity contribution in [3.05, 3.63) is 78.1 Å². The van der Waals surface area contributed by atoms with Gasteiger partial charge in [-0.1, -0.05) is 30.3 Å². The molecule has 0 heterocycles. The highest BCUT2D eigenvalue weighted by Gasteiger charge is 2.30. The molecule has 0 aliphatic rings. The molecular formula is C25H27FN2O6S. The predicted molar refractivity (Wildman–Crippen MR) is 130 cm³/mol. The maximum Gasteiger partial charge on any atom is 0.265 e. The highest BCUT2D eigenvalue weighted by atomic mass is 32.2. The van der Waals surface area contributed by atoms with E-state index in [4.69, 9.17) is 14.2 Å². The Kier molecular flexibility index (Phi) is 8.53. The standard InChI is InChI=1S/C25H27FN2O6S/c1-4-34-22-12-8-5-9-18(22)16-27-25(29)17-28(21-11-7-6-10-20(21)26)35(30,31)19-13-14-23(32-2)24(15-19)33-3/h5-15H,4,16-17H2,1-3H3,(H,27,29). The normalized spacial score (nSPS) is 11.0. The summed E-state index contributed by atoms with van der Waals surface area (Å²) >= 11 is 0. The third-order valence-electron chi connectivity index (χ3n) is 5.10. The van der Waals surface area contributed by atoms with Crippen LogP contribution >= 0.6 is 0 Å². The van der Waals surface area contributed by atoms with Gasteiger partial charge in [-0.05, 0) is 37.3 Å². The molecule has 0 unspecified atom stereocenters. The van der Waals surface area contributed by atoms with Crippen molar-refractivity contribution >= 4 is 21.6 Å². The van der Waals surface area contributed by atoms with Crippen LogP contribution in [-0.2, 0) is 21.4 Å². The SMILES string of the molecule is CCOc1ccccc1CNC(=O)CN(c1ccccc1F)S(=O)(=O)c1ccc(OC)c(OC)c1. The quantitative estimate of drug-likeness (QED) is 0.429. The Balaban J connectivity index is 1.91. The van der Waals surface area contributed by atoms with Crippen LogP contribution in [0.2, 0.25) is 0 Å². The van der Waals surface area contributed by atoms with Gasteiger partial charge in [-0.15, -0.1) is 0 Å². The van der Waals surface area contributed by atoms with E-state index in [1.165, 1.54) is 50.6 Å². The Morgan fingerprint density at radius 1 is 0.943 bits per heavy atom. The van der Waals surface area contributed by atoms with Crippen molar-refractivity contribution in [1.29, 1.82) is 0 Å². The number of carbonyl (C=O) groups is 1. The van der Waals surface area contributed by atoms with Crippen LogP contribution in [0, 0.1) is 5.82 Å². The number of anilines is 1. The largest absolute Gasteiger partial charge is 0.494 e. The number of nitrogens with one attached hydrogen (secondary N) is 1. The summed E-state index contributed by atoms with van der Waals surface area (Å²) in [6.07, 6.45) is 0. The second kappa shape index (κ2) is 11.6. The van der Waals surface area contributed by atoms with E-state index in [1.807, 2.05) is 13.0 Å². The molecule has 35 heavy (non-hydrogen) atoms. The van der Waals surface area contributed by atoms with Crippen LogP contribution in [0.3, 0.4) is 0 Å². The first-order chi connectivity index (χ1) is 16.8. The zero-order valence-electron chi connectivity index (χ0n) is 19.7. The van der Waals surface area contributed by atoms with Crippen molar-refractivity contribution in [3.63, 3.8) is 0 Å². The summed E-state index contributed by atoms with van der Waals surface area (Å²) in [6, 6.07) is 16.5. The Labute approximate surface area is 204 Å². The van der Waals surface area contributed by atoms with Crippen molar-refractivity contribution < 1.29 is 31.8 Å². The minimum absolute atomic E-state index is 0.108. The Morgan fingerprint density at radius 2 is 1.63 bits per heavy atom. The van der Waals surface area contributed by atoms with Gasteiger partial charge in [0.25, 0.3) is 10.0 Å². The zero-order valence-corrected chi connectivity index (χ0v) is 20.5. The predicted octanol–water partition coefficient (Wildman–Crippen LogP) is 3.75. The Hall–Kier alpha value is -3.79. The van der Waals surface area contributed by atoms with Crippen LogP contribution in [-0.4, -0.2) is 41.7 Å². The fourth-order valence-electron chi connectivity index (χ4n) is 3.38. The molecule has 0 radical (unpaired) electrons. The lowest BCUT2D eigenvalue weighted by atomic mass is 10.2. The first-order valence-corrected chi connectivity index (χ1v) is 12.2. The number of benzene rings is 3. The summed E-state index contributed by atoms with van der Waals surface area (Å²) in [5.41, 5.74) is 0.468. The topological polar surface area (TPSA) is 94.2 Å². The number of ether oxygens (including phenoxy) is 3.